The van der Waals surface area contributed by atoms with Crippen LogP contribution >= 0.6 is 15.9 Å². The van der Waals surface area contributed by atoms with Crippen LogP contribution < -0.4 is 10.6 Å². The van der Waals surface area contributed by atoms with Crippen molar-refractivity contribution in [1.82, 2.24) is 0 Å². The first-order chi connectivity index (χ1) is 8.63. The molecule has 0 heterocycles. The quantitative estimate of drug-likeness (QED) is 0.367. The van der Waals surface area contributed by atoms with Gasteiger partial charge in [-0.3, -0.25) is 0 Å². The maximum Gasteiger partial charge on any atom is 0.171 e. The smallest absolute Gasteiger partial charge is 0.171 e. The number of anilines is 1. The number of benzene rings is 1. The number of nitrogens with two attached hydrogens (primary N) is 1. The van der Waals surface area contributed by atoms with Crippen molar-refractivity contribution in [2.75, 3.05) is 18.0 Å². The lowest BCUT2D eigenvalue weighted by molar-refractivity contribution is 0.318. The average molecular weight is 314 g/mol. The van der Waals surface area contributed by atoms with Gasteiger partial charge in [0.15, 0.2) is 5.84 Å². The van der Waals surface area contributed by atoms with Gasteiger partial charge in [-0.05, 0) is 47.0 Å². The first-order valence-electron chi connectivity index (χ1n) is 6.16. The van der Waals surface area contributed by atoms with E-state index in [1.165, 1.54) is 0 Å². The van der Waals surface area contributed by atoms with E-state index in [9.17, 15) is 0 Å². The summed E-state index contributed by atoms with van der Waals surface area (Å²) in [5.41, 5.74) is 7.45. The van der Waals surface area contributed by atoms with Crippen LogP contribution in [0.5, 0.6) is 0 Å². The van der Waals surface area contributed by atoms with Crippen LogP contribution in [0.2, 0.25) is 0 Å². The van der Waals surface area contributed by atoms with Crippen LogP contribution in [0.1, 0.15) is 32.3 Å². The molecule has 0 aliphatic rings. The van der Waals surface area contributed by atoms with Crippen LogP contribution in [0.3, 0.4) is 0 Å². The number of rotatable bonds is 6. The number of oxime groups is 1. The zero-order valence-corrected chi connectivity index (χ0v) is 12.4. The Morgan fingerprint density at radius 1 is 1.33 bits per heavy atom. The van der Waals surface area contributed by atoms with Crippen molar-refractivity contribution < 1.29 is 5.21 Å². The summed E-state index contributed by atoms with van der Waals surface area (Å²) in [6, 6.07) is 5.88. The maximum absolute atomic E-state index is 8.69. The summed E-state index contributed by atoms with van der Waals surface area (Å²) in [4.78, 5) is 2.33. The molecule has 0 saturated heterocycles. The number of halogens is 1. The molecule has 0 spiro atoms. The Morgan fingerprint density at radius 2 is 1.94 bits per heavy atom. The van der Waals surface area contributed by atoms with E-state index in [1.54, 1.807) is 0 Å². The highest BCUT2D eigenvalue weighted by molar-refractivity contribution is 9.10. The zero-order chi connectivity index (χ0) is 13.5. The lowest BCUT2D eigenvalue weighted by Crippen LogP contribution is -2.25. The van der Waals surface area contributed by atoms with E-state index >= 15 is 0 Å². The predicted molar refractivity (Wildman–Crippen MR) is 79.4 cm³/mol. The lowest BCUT2D eigenvalue weighted by atomic mass is 10.1. The molecule has 0 aromatic heterocycles. The average Bonchev–Trinajstić information content (AvgIpc) is 2.37. The van der Waals surface area contributed by atoms with Crippen molar-refractivity contribution in [3.05, 3.63) is 28.2 Å². The van der Waals surface area contributed by atoms with Crippen molar-refractivity contribution in [2.24, 2.45) is 10.9 Å². The van der Waals surface area contributed by atoms with E-state index in [0.717, 1.165) is 36.1 Å². The second-order valence-corrected chi connectivity index (χ2v) is 4.99. The Hall–Kier alpha value is -1.23. The third kappa shape index (κ3) is 3.63. The molecule has 0 radical (unpaired) electrons. The van der Waals surface area contributed by atoms with Crippen LogP contribution in [0, 0.1) is 0 Å². The van der Waals surface area contributed by atoms with Gasteiger partial charge in [0.1, 0.15) is 0 Å². The van der Waals surface area contributed by atoms with Crippen molar-refractivity contribution in [2.45, 2.75) is 26.7 Å². The third-order valence-electron chi connectivity index (χ3n) is 2.69. The summed E-state index contributed by atoms with van der Waals surface area (Å²) in [6.07, 6.45) is 2.22. The molecule has 0 fully saturated rings. The topological polar surface area (TPSA) is 61.8 Å². The molecule has 100 valence electrons. The molecule has 1 aromatic carbocycles. The monoisotopic (exact) mass is 313 g/mol. The van der Waals surface area contributed by atoms with Gasteiger partial charge in [0.05, 0.1) is 0 Å². The molecular formula is C13H20BrN3O. The van der Waals surface area contributed by atoms with Gasteiger partial charge in [0, 0.05) is 28.8 Å². The predicted octanol–water partition coefficient (Wildman–Crippen LogP) is 3.17. The minimum atomic E-state index is 0.117. The molecule has 1 rings (SSSR count). The third-order valence-corrected chi connectivity index (χ3v) is 3.34. The standard InChI is InChI=1S/C13H20BrN3O/c1-3-7-17(8-4-2)10-5-6-11(12(14)9-10)13(15)16-18/h5-6,9,18H,3-4,7-8H2,1-2H3,(H2,15,16). The number of nitrogens with zero attached hydrogens (tertiary/aromatic N) is 2. The summed E-state index contributed by atoms with van der Waals surface area (Å²) in [6.45, 7) is 6.40. The molecule has 3 N–H and O–H groups in total. The van der Waals surface area contributed by atoms with E-state index in [1.807, 2.05) is 18.2 Å². The van der Waals surface area contributed by atoms with Gasteiger partial charge >= 0.3 is 0 Å². The van der Waals surface area contributed by atoms with Gasteiger partial charge in [-0.15, -0.1) is 0 Å². The van der Waals surface area contributed by atoms with Crippen LogP contribution in [-0.2, 0) is 0 Å². The van der Waals surface area contributed by atoms with Gasteiger partial charge in [-0.2, -0.15) is 0 Å². The Bertz CT molecular complexity index is 415. The van der Waals surface area contributed by atoms with Gasteiger partial charge < -0.3 is 15.8 Å². The molecule has 0 saturated carbocycles. The van der Waals surface area contributed by atoms with Crippen LogP contribution in [0.4, 0.5) is 5.69 Å². The van der Waals surface area contributed by atoms with Gasteiger partial charge in [-0.1, -0.05) is 19.0 Å². The Kier molecular flexibility index (Phi) is 5.98. The molecule has 0 aliphatic carbocycles. The largest absolute Gasteiger partial charge is 0.409 e. The molecule has 18 heavy (non-hydrogen) atoms. The summed E-state index contributed by atoms with van der Waals surface area (Å²) < 4.78 is 0.840. The number of amidine groups is 1. The number of hydrogen-bond donors (Lipinski definition) is 2. The lowest BCUT2D eigenvalue weighted by Gasteiger charge is -2.24. The fourth-order valence-corrected chi connectivity index (χ4v) is 2.44. The fourth-order valence-electron chi connectivity index (χ4n) is 1.87. The molecule has 0 aliphatic heterocycles. The highest BCUT2D eigenvalue weighted by Crippen LogP contribution is 2.24. The molecule has 0 amide bonds. The molecule has 0 bridgehead atoms. The fraction of sp³-hybridized carbons (Fsp3) is 0.462. The first kappa shape index (κ1) is 14.8. The van der Waals surface area contributed by atoms with Crippen molar-refractivity contribution >= 4 is 27.5 Å². The van der Waals surface area contributed by atoms with Crippen LogP contribution in [-0.4, -0.2) is 24.1 Å². The second kappa shape index (κ2) is 7.26. The summed E-state index contributed by atoms with van der Waals surface area (Å²) in [5.74, 6) is 0.117. The van der Waals surface area contributed by atoms with E-state index < -0.39 is 0 Å². The van der Waals surface area contributed by atoms with Crippen molar-refractivity contribution in [3.63, 3.8) is 0 Å². The molecule has 5 heteroatoms. The summed E-state index contributed by atoms with van der Waals surface area (Å²) >= 11 is 3.46. The highest BCUT2D eigenvalue weighted by Gasteiger charge is 2.09. The summed E-state index contributed by atoms with van der Waals surface area (Å²) in [7, 11) is 0. The van der Waals surface area contributed by atoms with Gasteiger partial charge in [0.25, 0.3) is 0 Å². The van der Waals surface area contributed by atoms with Gasteiger partial charge in [-0.25, -0.2) is 0 Å². The molecule has 1 aromatic rings. The van der Waals surface area contributed by atoms with E-state index in [-0.39, 0.29) is 5.84 Å². The minimum Gasteiger partial charge on any atom is -0.409 e. The highest BCUT2D eigenvalue weighted by atomic mass is 79.9. The minimum absolute atomic E-state index is 0.117. The van der Waals surface area contributed by atoms with Crippen LogP contribution in [0.15, 0.2) is 27.8 Å². The maximum atomic E-state index is 8.69. The van der Waals surface area contributed by atoms with E-state index in [0.29, 0.717) is 5.56 Å². The Labute approximate surface area is 117 Å². The molecule has 0 atom stereocenters. The van der Waals surface area contributed by atoms with E-state index in [2.05, 4.69) is 39.8 Å². The normalized spacial score (nSPS) is 11.6. The van der Waals surface area contributed by atoms with Crippen molar-refractivity contribution in [1.29, 1.82) is 0 Å². The Balaban J connectivity index is 3.01. The summed E-state index contributed by atoms with van der Waals surface area (Å²) in [5, 5.41) is 11.7. The zero-order valence-electron chi connectivity index (χ0n) is 10.9. The Morgan fingerprint density at radius 3 is 2.39 bits per heavy atom. The van der Waals surface area contributed by atoms with Crippen LogP contribution in [0.25, 0.3) is 0 Å². The van der Waals surface area contributed by atoms with E-state index in [4.69, 9.17) is 10.9 Å². The first-order valence-corrected chi connectivity index (χ1v) is 6.95. The molecule has 0 unspecified atom stereocenters. The second-order valence-electron chi connectivity index (χ2n) is 4.14. The van der Waals surface area contributed by atoms with Crippen molar-refractivity contribution in [3.8, 4) is 0 Å². The SMILES string of the molecule is CCCN(CCC)c1ccc(/C(N)=N/O)c(Br)c1. The van der Waals surface area contributed by atoms with Gasteiger partial charge in [0.2, 0.25) is 0 Å². The number of hydrogen-bond acceptors (Lipinski definition) is 3. The molecule has 4 nitrogen and oxygen atoms in total. The molecular weight excluding hydrogens is 294 g/mol.